The molecule has 0 spiro atoms. The molecule has 1 aliphatic rings. The van der Waals surface area contributed by atoms with Gasteiger partial charge in [0.1, 0.15) is 5.75 Å². The van der Waals surface area contributed by atoms with Gasteiger partial charge in [-0.3, -0.25) is 0 Å². The van der Waals surface area contributed by atoms with Crippen LogP contribution in [0.4, 0.5) is 18.9 Å². The van der Waals surface area contributed by atoms with Gasteiger partial charge in [0.2, 0.25) is 0 Å². The number of ether oxygens (including phenoxy) is 1. The maximum atomic E-state index is 13.0. The normalized spacial score (nSPS) is 17.3. The summed E-state index contributed by atoms with van der Waals surface area (Å²) in [6, 6.07) is 11.0. The van der Waals surface area contributed by atoms with E-state index in [1.807, 2.05) is 29.2 Å². The first-order valence-corrected chi connectivity index (χ1v) is 7.25. The molecule has 1 unspecified atom stereocenters. The minimum absolute atomic E-state index is 0.229. The lowest BCUT2D eigenvalue weighted by molar-refractivity contribution is -0.137. The Morgan fingerprint density at radius 3 is 2.61 bits per heavy atom. The van der Waals surface area contributed by atoms with Crippen LogP contribution in [0.1, 0.15) is 22.7 Å². The molecule has 23 heavy (non-hydrogen) atoms. The van der Waals surface area contributed by atoms with Crippen molar-refractivity contribution in [1.29, 1.82) is 0 Å². The van der Waals surface area contributed by atoms with Crippen molar-refractivity contribution in [2.75, 3.05) is 18.6 Å². The van der Waals surface area contributed by atoms with Crippen molar-refractivity contribution >= 4 is 5.69 Å². The number of nitrogens with two attached hydrogens (primary N) is 1. The molecule has 3 rings (SSSR count). The van der Waals surface area contributed by atoms with Crippen LogP contribution in [0.25, 0.3) is 0 Å². The van der Waals surface area contributed by atoms with Crippen molar-refractivity contribution in [2.24, 2.45) is 5.73 Å². The molecule has 0 radical (unpaired) electrons. The van der Waals surface area contributed by atoms with Crippen LogP contribution in [0, 0.1) is 0 Å². The lowest BCUT2D eigenvalue weighted by Crippen LogP contribution is -2.28. The lowest BCUT2D eigenvalue weighted by Gasteiger charge is -2.27. The second kappa shape index (κ2) is 5.77. The summed E-state index contributed by atoms with van der Waals surface area (Å²) in [5.41, 5.74) is 7.54. The zero-order chi connectivity index (χ0) is 16.6. The summed E-state index contributed by atoms with van der Waals surface area (Å²) in [6.07, 6.45) is -4.36. The van der Waals surface area contributed by atoms with Crippen LogP contribution in [0.15, 0.2) is 42.5 Å². The van der Waals surface area contributed by atoms with Crippen LogP contribution in [-0.2, 0) is 12.7 Å². The number of nitrogens with zero attached hydrogens (tertiary/aromatic N) is 1. The molecule has 122 valence electrons. The third-order valence-corrected chi connectivity index (χ3v) is 4.17. The fourth-order valence-electron chi connectivity index (χ4n) is 3.06. The summed E-state index contributed by atoms with van der Waals surface area (Å²) < 4.78 is 44.2. The standard InChI is InChI=1S/C17H17F3N2O/c1-23-16-5-3-2-4-14(16)22-10-11-6-7-12(17(18,19)20)8-13(11)15(22)9-21/h2-8,15H,9-10,21H2,1H3. The van der Waals surface area contributed by atoms with Gasteiger partial charge in [-0.1, -0.05) is 18.2 Å². The number of halogens is 3. The number of alkyl halides is 3. The number of fused-ring (bicyclic) bond motifs is 1. The van der Waals surface area contributed by atoms with E-state index in [1.165, 1.54) is 12.1 Å². The monoisotopic (exact) mass is 322 g/mol. The van der Waals surface area contributed by atoms with E-state index in [-0.39, 0.29) is 12.6 Å². The Morgan fingerprint density at radius 2 is 1.96 bits per heavy atom. The maximum Gasteiger partial charge on any atom is 0.416 e. The molecule has 0 aliphatic carbocycles. The van der Waals surface area contributed by atoms with E-state index in [4.69, 9.17) is 10.5 Å². The second-order valence-corrected chi connectivity index (χ2v) is 5.46. The van der Waals surface area contributed by atoms with Gasteiger partial charge in [0.05, 0.1) is 24.4 Å². The van der Waals surface area contributed by atoms with Gasteiger partial charge in [-0.15, -0.1) is 0 Å². The molecular weight excluding hydrogens is 305 g/mol. The van der Waals surface area contributed by atoms with Crippen LogP contribution in [0.2, 0.25) is 0 Å². The van der Waals surface area contributed by atoms with Crippen LogP contribution in [-0.4, -0.2) is 13.7 Å². The minimum atomic E-state index is -4.36. The Kier molecular flexibility index (Phi) is 3.93. The molecule has 1 aliphatic heterocycles. The van der Waals surface area contributed by atoms with Crippen LogP contribution >= 0.6 is 0 Å². The molecule has 0 saturated heterocycles. The Hall–Kier alpha value is -2.21. The third-order valence-electron chi connectivity index (χ3n) is 4.17. The van der Waals surface area contributed by atoms with Crippen LogP contribution in [0.3, 0.4) is 0 Å². The van der Waals surface area contributed by atoms with Gasteiger partial charge in [0.25, 0.3) is 0 Å². The van der Waals surface area contributed by atoms with E-state index < -0.39 is 11.7 Å². The van der Waals surface area contributed by atoms with E-state index in [1.54, 1.807) is 7.11 Å². The molecule has 2 aromatic rings. The molecule has 2 aromatic carbocycles. The highest BCUT2D eigenvalue weighted by atomic mass is 19.4. The van der Waals surface area contributed by atoms with E-state index in [9.17, 15) is 13.2 Å². The highest BCUT2D eigenvalue weighted by Crippen LogP contribution is 2.42. The summed E-state index contributed by atoms with van der Waals surface area (Å²) in [6.45, 7) is 0.738. The topological polar surface area (TPSA) is 38.5 Å². The van der Waals surface area contributed by atoms with Gasteiger partial charge in [-0.2, -0.15) is 13.2 Å². The Bertz CT molecular complexity index is 715. The number of hydrogen-bond donors (Lipinski definition) is 1. The molecule has 0 amide bonds. The van der Waals surface area contributed by atoms with E-state index in [0.29, 0.717) is 17.9 Å². The number of rotatable bonds is 3. The van der Waals surface area contributed by atoms with Gasteiger partial charge >= 0.3 is 6.18 Å². The lowest BCUT2D eigenvalue weighted by atomic mass is 10.0. The van der Waals surface area contributed by atoms with Crippen molar-refractivity contribution in [3.05, 3.63) is 59.2 Å². The minimum Gasteiger partial charge on any atom is -0.495 e. The Morgan fingerprint density at radius 1 is 1.22 bits per heavy atom. The van der Waals surface area contributed by atoms with Gasteiger partial charge in [-0.05, 0) is 35.4 Å². The third kappa shape index (κ3) is 2.74. The fraction of sp³-hybridized carbons (Fsp3) is 0.294. The first-order chi connectivity index (χ1) is 11.0. The van der Waals surface area contributed by atoms with Crippen molar-refractivity contribution in [1.82, 2.24) is 0 Å². The molecule has 3 nitrogen and oxygen atoms in total. The van der Waals surface area contributed by atoms with Crippen molar-refractivity contribution < 1.29 is 17.9 Å². The van der Waals surface area contributed by atoms with Gasteiger partial charge in [0, 0.05) is 13.1 Å². The summed E-state index contributed by atoms with van der Waals surface area (Å²) in [5, 5.41) is 0. The molecule has 0 saturated carbocycles. The summed E-state index contributed by atoms with van der Waals surface area (Å²) >= 11 is 0. The molecule has 2 N–H and O–H groups in total. The second-order valence-electron chi connectivity index (χ2n) is 5.46. The number of anilines is 1. The van der Waals surface area contributed by atoms with Crippen LogP contribution < -0.4 is 15.4 Å². The summed E-state index contributed by atoms with van der Waals surface area (Å²) in [5.74, 6) is 0.676. The molecule has 0 bridgehead atoms. The molecule has 0 aromatic heterocycles. The predicted octanol–water partition coefficient (Wildman–Crippen LogP) is 3.73. The highest BCUT2D eigenvalue weighted by Gasteiger charge is 2.36. The quantitative estimate of drug-likeness (QED) is 0.936. The maximum absolute atomic E-state index is 13.0. The van der Waals surface area contributed by atoms with Gasteiger partial charge < -0.3 is 15.4 Å². The fourth-order valence-corrected chi connectivity index (χ4v) is 3.06. The molecule has 6 heteroatoms. The van der Waals surface area contributed by atoms with E-state index >= 15 is 0 Å². The van der Waals surface area contributed by atoms with Crippen LogP contribution in [0.5, 0.6) is 5.75 Å². The smallest absolute Gasteiger partial charge is 0.416 e. The summed E-state index contributed by atoms with van der Waals surface area (Å²) in [4.78, 5) is 1.99. The first-order valence-electron chi connectivity index (χ1n) is 7.25. The first kappa shape index (κ1) is 15.7. The average molecular weight is 322 g/mol. The molecular formula is C17H17F3N2O. The van der Waals surface area contributed by atoms with Crippen molar-refractivity contribution in [3.8, 4) is 5.75 Å². The molecule has 1 heterocycles. The Balaban J connectivity index is 2.03. The average Bonchev–Trinajstić information content (AvgIpc) is 2.91. The van der Waals surface area contributed by atoms with E-state index in [2.05, 4.69) is 0 Å². The Labute approximate surface area is 132 Å². The zero-order valence-electron chi connectivity index (χ0n) is 12.6. The van der Waals surface area contributed by atoms with Crippen molar-refractivity contribution in [3.63, 3.8) is 0 Å². The zero-order valence-corrected chi connectivity index (χ0v) is 12.6. The number of hydrogen-bond acceptors (Lipinski definition) is 3. The molecule has 1 atom stereocenters. The highest BCUT2D eigenvalue weighted by molar-refractivity contribution is 5.63. The SMILES string of the molecule is COc1ccccc1N1Cc2ccc(C(F)(F)F)cc2C1CN. The van der Waals surface area contributed by atoms with E-state index in [0.717, 1.165) is 17.3 Å². The summed E-state index contributed by atoms with van der Waals surface area (Å²) in [7, 11) is 1.57. The largest absolute Gasteiger partial charge is 0.495 e. The molecule has 0 fully saturated rings. The van der Waals surface area contributed by atoms with Gasteiger partial charge in [-0.25, -0.2) is 0 Å². The number of methoxy groups -OCH3 is 1. The number of para-hydroxylation sites is 2. The van der Waals surface area contributed by atoms with Gasteiger partial charge in [0.15, 0.2) is 0 Å². The predicted molar refractivity (Wildman–Crippen MR) is 82.4 cm³/mol. The van der Waals surface area contributed by atoms with Crippen molar-refractivity contribution in [2.45, 2.75) is 18.8 Å². The number of benzene rings is 2.